The first kappa shape index (κ1) is 20.3. The Morgan fingerprint density at radius 3 is 2.54 bits per heavy atom. The van der Waals surface area contributed by atoms with Crippen LogP contribution in [0.15, 0.2) is 29.2 Å². The molecule has 10 heteroatoms. The van der Waals surface area contributed by atoms with Crippen LogP contribution in [0.4, 0.5) is 5.69 Å². The molecule has 1 fully saturated rings. The van der Waals surface area contributed by atoms with Crippen LogP contribution in [0.1, 0.15) is 26.7 Å². The fraction of sp³-hybridized carbons (Fsp3) is 0.562. The molecule has 1 unspecified atom stereocenters. The van der Waals surface area contributed by atoms with Gasteiger partial charge in [-0.2, -0.15) is 4.31 Å². The van der Waals surface area contributed by atoms with E-state index in [1.165, 1.54) is 16.4 Å². The summed E-state index contributed by atoms with van der Waals surface area (Å²) in [7, 11) is -3.81. The lowest BCUT2D eigenvalue weighted by Crippen LogP contribution is -2.53. The molecule has 0 radical (unpaired) electrons. The molecule has 0 spiro atoms. The van der Waals surface area contributed by atoms with Crippen LogP contribution >= 0.6 is 0 Å². The van der Waals surface area contributed by atoms with E-state index in [2.05, 4.69) is 5.32 Å². The topological polar surface area (TPSA) is 136 Å². The predicted molar refractivity (Wildman–Crippen MR) is 95.9 cm³/mol. The number of rotatable bonds is 6. The fourth-order valence-corrected chi connectivity index (χ4v) is 4.27. The Kier molecular flexibility index (Phi) is 5.99. The molecule has 1 saturated heterocycles. The molecule has 0 aromatic heterocycles. The van der Waals surface area contributed by atoms with Gasteiger partial charge in [0.2, 0.25) is 15.9 Å². The Hall–Kier alpha value is -2.04. The van der Waals surface area contributed by atoms with E-state index < -0.39 is 26.4 Å². The van der Waals surface area contributed by atoms with E-state index in [0.29, 0.717) is 19.4 Å². The number of piperidine rings is 1. The van der Waals surface area contributed by atoms with Crippen LogP contribution in [0.5, 0.6) is 0 Å². The first-order valence-corrected chi connectivity index (χ1v) is 9.77. The van der Waals surface area contributed by atoms with Gasteiger partial charge in [0.15, 0.2) is 0 Å². The molecule has 1 aromatic carbocycles. The van der Waals surface area contributed by atoms with Crippen molar-refractivity contribution >= 4 is 21.6 Å². The Morgan fingerprint density at radius 1 is 1.38 bits per heavy atom. The van der Waals surface area contributed by atoms with E-state index in [1.54, 1.807) is 13.8 Å². The largest absolute Gasteiger partial charge is 0.350 e. The zero-order valence-electron chi connectivity index (χ0n) is 14.8. The monoisotopic (exact) mass is 384 g/mol. The molecule has 1 aliphatic heterocycles. The molecule has 1 amide bonds. The van der Waals surface area contributed by atoms with E-state index in [4.69, 9.17) is 5.73 Å². The highest BCUT2D eigenvalue weighted by atomic mass is 32.2. The molecular formula is C16H24N4O5S. The minimum absolute atomic E-state index is 0.0218. The van der Waals surface area contributed by atoms with Gasteiger partial charge in [0.1, 0.15) is 0 Å². The molecule has 0 saturated carbocycles. The minimum Gasteiger partial charge on any atom is -0.350 e. The van der Waals surface area contributed by atoms with E-state index in [9.17, 15) is 23.3 Å². The number of carbonyl (C=O) groups excluding carboxylic acids is 1. The smallest absolute Gasteiger partial charge is 0.269 e. The summed E-state index contributed by atoms with van der Waals surface area (Å²) in [5, 5.41) is 13.6. The van der Waals surface area contributed by atoms with Gasteiger partial charge in [0, 0.05) is 37.3 Å². The maximum atomic E-state index is 12.8. The third-order valence-electron chi connectivity index (χ3n) is 4.41. The van der Waals surface area contributed by atoms with Gasteiger partial charge in [0.05, 0.1) is 15.7 Å². The number of benzene rings is 1. The van der Waals surface area contributed by atoms with Gasteiger partial charge in [0.25, 0.3) is 5.69 Å². The maximum Gasteiger partial charge on any atom is 0.269 e. The molecule has 1 atom stereocenters. The van der Waals surface area contributed by atoms with Crippen molar-refractivity contribution in [1.29, 1.82) is 0 Å². The number of hydrogen-bond acceptors (Lipinski definition) is 6. The minimum atomic E-state index is -3.81. The van der Waals surface area contributed by atoms with Crippen molar-refractivity contribution in [3.63, 3.8) is 0 Å². The number of nitro benzene ring substituents is 1. The number of non-ortho nitro benzene ring substituents is 1. The van der Waals surface area contributed by atoms with Crippen LogP contribution in [0.3, 0.4) is 0 Å². The van der Waals surface area contributed by atoms with Crippen LogP contribution < -0.4 is 11.1 Å². The first-order chi connectivity index (χ1) is 12.1. The third kappa shape index (κ3) is 4.57. The Balaban J connectivity index is 2.14. The number of amides is 1. The molecule has 1 aromatic rings. The lowest BCUT2D eigenvalue weighted by Gasteiger charge is -2.33. The number of sulfonamides is 1. The van der Waals surface area contributed by atoms with Crippen LogP contribution in [0.25, 0.3) is 0 Å². The summed E-state index contributed by atoms with van der Waals surface area (Å²) in [6, 6.07) is 4.75. The second-order valence-corrected chi connectivity index (χ2v) is 8.97. The highest BCUT2D eigenvalue weighted by molar-refractivity contribution is 7.89. The average molecular weight is 384 g/mol. The van der Waals surface area contributed by atoms with E-state index >= 15 is 0 Å². The van der Waals surface area contributed by atoms with Crippen molar-refractivity contribution in [1.82, 2.24) is 9.62 Å². The van der Waals surface area contributed by atoms with Gasteiger partial charge in [-0.25, -0.2) is 8.42 Å². The Bertz CT molecular complexity index is 776. The summed E-state index contributed by atoms with van der Waals surface area (Å²) >= 11 is 0. The number of carbonyl (C=O) groups is 1. The van der Waals surface area contributed by atoms with Crippen molar-refractivity contribution in [2.45, 2.75) is 37.1 Å². The molecular weight excluding hydrogens is 360 g/mol. The summed E-state index contributed by atoms with van der Waals surface area (Å²) in [5.74, 6) is -0.675. The standard InChI is InChI=1S/C16H24N4O5S/c1-16(2,11-17)18-15(21)12-4-3-9-19(10-12)26(24,25)14-7-5-13(6-8-14)20(22)23/h5-8,12H,3-4,9-11,17H2,1-2H3,(H,18,21). The maximum absolute atomic E-state index is 12.8. The van der Waals surface area contributed by atoms with Crippen molar-refractivity contribution < 1.29 is 18.1 Å². The molecule has 26 heavy (non-hydrogen) atoms. The number of nitro groups is 1. The predicted octanol–water partition coefficient (Wildman–Crippen LogP) is 0.849. The zero-order valence-corrected chi connectivity index (χ0v) is 15.7. The molecule has 0 bridgehead atoms. The third-order valence-corrected chi connectivity index (χ3v) is 6.29. The van der Waals surface area contributed by atoms with Gasteiger partial charge in [-0.1, -0.05) is 0 Å². The molecule has 0 aliphatic carbocycles. The summed E-state index contributed by atoms with van der Waals surface area (Å²) in [4.78, 5) is 22.5. The summed E-state index contributed by atoms with van der Waals surface area (Å²) in [5.41, 5.74) is 4.89. The molecule has 3 N–H and O–H groups in total. The molecule has 2 rings (SSSR count). The van der Waals surface area contributed by atoms with E-state index in [0.717, 1.165) is 12.1 Å². The second kappa shape index (κ2) is 7.68. The van der Waals surface area contributed by atoms with Gasteiger partial charge in [-0.05, 0) is 38.8 Å². The lowest BCUT2D eigenvalue weighted by molar-refractivity contribution is -0.384. The normalized spacial score (nSPS) is 19.1. The van der Waals surface area contributed by atoms with Crippen molar-refractivity contribution in [2.24, 2.45) is 11.7 Å². The summed E-state index contributed by atoms with van der Waals surface area (Å²) in [6.07, 6.45) is 1.16. The van der Waals surface area contributed by atoms with Crippen LogP contribution in [0.2, 0.25) is 0 Å². The molecule has 144 valence electrons. The van der Waals surface area contributed by atoms with Gasteiger partial charge in [-0.3, -0.25) is 14.9 Å². The van der Waals surface area contributed by atoms with Crippen molar-refractivity contribution in [3.05, 3.63) is 34.4 Å². The Morgan fingerprint density at radius 2 is 2.00 bits per heavy atom. The van der Waals surface area contributed by atoms with Gasteiger partial charge in [-0.15, -0.1) is 0 Å². The quantitative estimate of drug-likeness (QED) is 0.551. The van der Waals surface area contributed by atoms with Crippen LogP contribution in [-0.4, -0.2) is 48.7 Å². The van der Waals surface area contributed by atoms with E-state index in [-0.39, 0.29) is 29.6 Å². The van der Waals surface area contributed by atoms with E-state index in [1.807, 2.05) is 0 Å². The van der Waals surface area contributed by atoms with Gasteiger partial charge >= 0.3 is 0 Å². The fourth-order valence-electron chi connectivity index (χ4n) is 2.75. The Labute approximate surface area is 152 Å². The lowest BCUT2D eigenvalue weighted by atomic mass is 9.96. The summed E-state index contributed by atoms with van der Waals surface area (Å²) in [6.45, 7) is 4.27. The zero-order chi connectivity index (χ0) is 19.5. The second-order valence-electron chi connectivity index (χ2n) is 7.03. The SMILES string of the molecule is CC(C)(CN)NC(=O)C1CCCN(S(=O)(=O)c2ccc([N+](=O)[O-])cc2)C1. The van der Waals surface area contributed by atoms with Crippen molar-refractivity contribution in [2.75, 3.05) is 19.6 Å². The van der Waals surface area contributed by atoms with Crippen molar-refractivity contribution in [3.8, 4) is 0 Å². The average Bonchev–Trinajstić information content (AvgIpc) is 2.61. The highest BCUT2D eigenvalue weighted by Crippen LogP contribution is 2.25. The highest BCUT2D eigenvalue weighted by Gasteiger charge is 2.34. The number of nitrogens with one attached hydrogen (secondary N) is 1. The number of nitrogens with two attached hydrogens (primary N) is 1. The molecule has 1 heterocycles. The number of nitrogens with zero attached hydrogens (tertiary/aromatic N) is 2. The van der Waals surface area contributed by atoms with Crippen LogP contribution in [0, 0.1) is 16.0 Å². The molecule has 1 aliphatic rings. The first-order valence-electron chi connectivity index (χ1n) is 8.33. The van der Waals surface area contributed by atoms with Crippen LogP contribution in [-0.2, 0) is 14.8 Å². The van der Waals surface area contributed by atoms with Gasteiger partial charge < -0.3 is 11.1 Å². The molecule has 9 nitrogen and oxygen atoms in total. The summed E-state index contributed by atoms with van der Waals surface area (Å²) < 4.78 is 26.8. The number of hydrogen-bond donors (Lipinski definition) is 2.